The Bertz CT molecular complexity index is 1530. The van der Waals surface area contributed by atoms with E-state index in [0.29, 0.717) is 28.8 Å². The minimum absolute atomic E-state index is 0.00196. The summed E-state index contributed by atoms with van der Waals surface area (Å²) in [6.45, 7) is 2.71. The highest BCUT2D eigenvalue weighted by Crippen LogP contribution is 2.39. The number of benzene rings is 2. The topological polar surface area (TPSA) is 106 Å². The molecule has 3 N–H and O–H groups in total. The standard InChI is InChI=1S/C28H28F2N6O2/c29-20-8-2-6-17-5-1-7-18(22(17)20)24-23(30)25-19(15-33-24)26(32-12-9-21(31)37)35-27(34-25)38-16-28-10-3-13-36(28)14-4-11-28/h1-2,5-8,15H,3-4,9-14,16H2,(H2,31,37)(H,32,34,35). The first-order valence-electron chi connectivity index (χ1n) is 12.9. The summed E-state index contributed by atoms with van der Waals surface area (Å²) in [4.78, 5) is 27.0. The average molecular weight is 519 g/mol. The predicted molar refractivity (Wildman–Crippen MR) is 141 cm³/mol. The minimum atomic E-state index is -0.704. The third kappa shape index (κ3) is 4.28. The maximum absolute atomic E-state index is 16.1. The van der Waals surface area contributed by atoms with Gasteiger partial charge in [0.2, 0.25) is 5.91 Å². The zero-order valence-corrected chi connectivity index (χ0v) is 20.8. The van der Waals surface area contributed by atoms with Crippen LogP contribution < -0.4 is 15.8 Å². The Hall–Kier alpha value is -3.92. The molecule has 0 saturated carbocycles. The van der Waals surface area contributed by atoms with Crippen molar-refractivity contribution in [3.63, 3.8) is 0 Å². The molecule has 10 heteroatoms. The van der Waals surface area contributed by atoms with E-state index in [1.54, 1.807) is 30.3 Å². The van der Waals surface area contributed by atoms with Crippen molar-refractivity contribution in [1.82, 2.24) is 19.9 Å². The molecule has 8 nitrogen and oxygen atoms in total. The fourth-order valence-electron chi connectivity index (χ4n) is 5.88. The van der Waals surface area contributed by atoms with Crippen molar-refractivity contribution >= 4 is 33.4 Å². The van der Waals surface area contributed by atoms with Gasteiger partial charge >= 0.3 is 6.01 Å². The molecule has 4 heterocycles. The van der Waals surface area contributed by atoms with Crippen LogP contribution in [0.1, 0.15) is 32.1 Å². The van der Waals surface area contributed by atoms with Crippen LogP contribution in [-0.2, 0) is 4.79 Å². The molecule has 2 fully saturated rings. The number of pyridine rings is 1. The highest BCUT2D eigenvalue weighted by atomic mass is 19.1. The SMILES string of the molecule is NC(=O)CCNc1nc(OCC23CCCN2CCC3)nc2c(F)c(-c3cccc4cccc(F)c34)ncc12. The van der Waals surface area contributed by atoms with Gasteiger partial charge in [-0.05, 0) is 50.2 Å². The summed E-state index contributed by atoms with van der Waals surface area (Å²) in [5.41, 5.74) is 5.56. The Morgan fingerprint density at radius 1 is 1.11 bits per heavy atom. The number of carbonyl (C=O) groups excluding carboxylic acids is 1. The highest BCUT2D eigenvalue weighted by molar-refractivity contribution is 5.99. The van der Waals surface area contributed by atoms with Gasteiger partial charge in [0.15, 0.2) is 5.82 Å². The molecule has 4 aromatic rings. The van der Waals surface area contributed by atoms with Crippen LogP contribution >= 0.6 is 0 Å². The van der Waals surface area contributed by atoms with Crippen LogP contribution in [0.15, 0.2) is 42.6 Å². The van der Waals surface area contributed by atoms with Crippen molar-refractivity contribution in [2.24, 2.45) is 5.73 Å². The molecule has 196 valence electrons. The lowest BCUT2D eigenvalue weighted by molar-refractivity contribution is -0.117. The Balaban J connectivity index is 1.43. The summed E-state index contributed by atoms with van der Waals surface area (Å²) < 4.78 is 37.1. The molecule has 0 atom stereocenters. The van der Waals surface area contributed by atoms with E-state index in [2.05, 4.69) is 25.2 Å². The monoisotopic (exact) mass is 518 g/mol. The number of nitrogens with one attached hydrogen (secondary N) is 1. The van der Waals surface area contributed by atoms with Gasteiger partial charge in [-0.2, -0.15) is 9.97 Å². The Morgan fingerprint density at radius 3 is 2.63 bits per heavy atom. The van der Waals surface area contributed by atoms with Crippen molar-refractivity contribution in [2.75, 3.05) is 31.6 Å². The quantitative estimate of drug-likeness (QED) is 0.356. The fourth-order valence-corrected chi connectivity index (χ4v) is 5.88. The van der Waals surface area contributed by atoms with E-state index in [9.17, 15) is 9.18 Å². The molecule has 0 spiro atoms. The van der Waals surface area contributed by atoms with Crippen molar-refractivity contribution in [1.29, 1.82) is 0 Å². The molecule has 38 heavy (non-hydrogen) atoms. The van der Waals surface area contributed by atoms with Crippen LogP contribution in [0.2, 0.25) is 0 Å². The minimum Gasteiger partial charge on any atom is -0.461 e. The molecule has 0 radical (unpaired) electrons. The summed E-state index contributed by atoms with van der Waals surface area (Å²) in [6.07, 6.45) is 5.85. The molecule has 0 unspecified atom stereocenters. The molecule has 0 bridgehead atoms. The molecule has 2 aromatic carbocycles. The van der Waals surface area contributed by atoms with Crippen molar-refractivity contribution < 1.29 is 18.3 Å². The fraction of sp³-hybridized carbons (Fsp3) is 0.357. The van der Waals surface area contributed by atoms with Gasteiger partial charge < -0.3 is 15.8 Å². The lowest BCUT2D eigenvalue weighted by atomic mass is 9.95. The Morgan fingerprint density at radius 2 is 1.87 bits per heavy atom. The molecule has 0 aliphatic carbocycles. The van der Waals surface area contributed by atoms with Gasteiger partial charge in [-0.1, -0.05) is 30.3 Å². The molecule has 1 amide bonds. The number of nitrogens with two attached hydrogens (primary N) is 1. The third-order valence-corrected chi connectivity index (χ3v) is 7.72. The van der Waals surface area contributed by atoms with Gasteiger partial charge in [0.1, 0.15) is 29.5 Å². The molecule has 2 aliphatic rings. The van der Waals surface area contributed by atoms with Crippen LogP contribution in [-0.4, -0.2) is 57.5 Å². The average Bonchev–Trinajstić information content (AvgIpc) is 3.48. The van der Waals surface area contributed by atoms with Crippen molar-refractivity contribution in [2.45, 2.75) is 37.6 Å². The molecule has 2 saturated heterocycles. The van der Waals surface area contributed by atoms with Crippen LogP contribution in [0.25, 0.3) is 32.9 Å². The molecule has 2 aliphatic heterocycles. The number of carbonyl (C=O) groups is 1. The van der Waals surface area contributed by atoms with E-state index in [0.717, 1.165) is 38.8 Å². The number of primary amides is 1. The van der Waals surface area contributed by atoms with E-state index < -0.39 is 17.5 Å². The van der Waals surface area contributed by atoms with Crippen LogP contribution in [0, 0.1) is 11.6 Å². The van der Waals surface area contributed by atoms with E-state index in [-0.39, 0.29) is 41.1 Å². The van der Waals surface area contributed by atoms with Crippen LogP contribution in [0.3, 0.4) is 0 Å². The zero-order valence-electron chi connectivity index (χ0n) is 20.8. The second-order valence-corrected chi connectivity index (χ2v) is 10.0. The van der Waals surface area contributed by atoms with Crippen LogP contribution in [0.4, 0.5) is 14.6 Å². The number of nitrogens with zero attached hydrogens (tertiary/aromatic N) is 4. The van der Waals surface area contributed by atoms with Gasteiger partial charge in [0.25, 0.3) is 0 Å². The Labute approximate surface area is 218 Å². The first kappa shape index (κ1) is 24.4. The number of hydrogen-bond acceptors (Lipinski definition) is 7. The highest BCUT2D eigenvalue weighted by Gasteiger charge is 2.45. The second kappa shape index (κ2) is 9.75. The zero-order chi connectivity index (χ0) is 26.3. The maximum Gasteiger partial charge on any atom is 0.319 e. The number of halogens is 2. The molecule has 2 aromatic heterocycles. The predicted octanol–water partition coefficient (Wildman–Crippen LogP) is 4.42. The lowest BCUT2D eigenvalue weighted by Crippen LogP contribution is -2.43. The van der Waals surface area contributed by atoms with Gasteiger partial charge in [0, 0.05) is 30.1 Å². The summed E-state index contributed by atoms with van der Waals surface area (Å²) >= 11 is 0. The van der Waals surface area contributed by atoms with E-state index in [1.807, 2.05) is 0 Å². The first-order valence-corrected chi connectivity index (χ1v) is 12.9. The number of fused-ring (bicyclic) bond motifs is 3. The smallest absolute Gasteiger partial charge is 0.319 e. The van der Waals surface area contributed by atoms with Crippen LogP contribution in [0.5, 0.6) is 6.01 Å². The summed E-state index contributed by atoms with van der Waals surface area (Å²) in [6, 6.07) is 9.90. The lowest BCUT2D eigenvalue weighted by Gasteiger charge is -2.31. The maximum atomic E-state index is 16.1. The summed E-state index contributed by atoms with van der Waals surface area (Å²) in [7, 11) is 0. The molecule has 6 rings (SSSR count). The largest absolute Gasteiger partial charge is 0.461 e. The molecular weight excluding hydrogens is 490 g/mol. The molecular formula is C28H28F2N6O2. The van der Waals surface area contributed by atoms with Gasteiger partial charge in [0.05, 0.1) is 10.9 Å². The van der Waals surface area contributed by atoms with Crippen molar-refractivity contribution in [3.05, 3.63) is 54.2 Å². The first-order chi connectivity index (χ1) is 18.4. The third-order valence-electron chi connectivity index (χ3n) is 7.72. The number of ether oxygens (including phenoxy) is 1. The summed E-state index contributed by atoms with van der Waals surface area (Å²) in [5, 5.41) is 4.30. The normalized spacial score (nSPS) is 16.7. The summed E-state index contributed by atoms with van der Waals surface area (Å²) in [5.74, 6) is -1.35. The van der Waals surface area contributed by atoms with Gasteiger partial charge in [-0.15, -0.1) is 0 Å². The number of aromatic nitrogens is 3. The number of rotatable bonds is 8. The number of hydrogen-bond donors (Lipinski definition) is 2. The second-order valence-electron chi connectivity index (χ2n) is 10.0. The Kier molecular flexibility index (Phi) is 6.27. The van der Waals surface area contributed by atoms with Crippen molar-refractivity contribution in [3.8, 4) is 17.3 Å². The number of anilines is 1. The van der Waals surface area contributed by atoms with Gasteiger partial charge in [-0.25, -0.2) is 8.78 Å². The van der Waals surface area contributed by atoms with E-state index >= 15 is 4.39 Å². The van der Waals surface area contributed by atoms with E-state index in [4.69, 9.17) is 10.5 Å². The number of amides is 1. The van der Waals surface area contributed by atoms with Gasteiger partial charge in [-0.3, -0.25) is 14.7 Å². The van der Waals surface area contributed by atoms with E-state index in [1.165, 1.54) is 12.3 Å².